The summed E-state index contributed by atoms with van der Waals surface area (Å²) in [6.07, 6.45) is 0. The summed E-state index contributed by atoms with van der Waals surface area (Å²) < 4.78 is 4.98. The van der Waals surface area contributed by atoms with Gasteiger partial charge >= 0.3 is 0 Å². The molecule has 16 heavy (non-hydrogen) atoms. The normalized spacial score (nSPS) is 9.62. The summed E-state index contributed by atoms with van der Waals surface area (Å²) in [6.45, 7) is -0.287. The predicted molar refractivity (Wildman–Crippen MR) is 55.9 cm³/mol. The van der Waals surface area contributed by atoms with Gasteiger partial charge in [0, 0.05) is 12.1 Å². The lowest BCUT2D eigenvalue weighted by atomic mass is 10.3. The zero-order valence-corrected chi connectivity index (χ0v) is 8.73. The van der Waals surface area contributed by atoms with Crippen molar-refractivity contribution in [2.45, 2.75) is 0 Å². The zero-order chi connectivity index (χ0) is 12.1. The lowest BCUT2D eigenvalue weighted by Crippen LogP contribution is -2.34. The molecule has 0 saturated carbocycles. The van der Waals surface area contributed by atoms with E-state index in [4.69, 9.17) is 22.2 Å². The van der Waals surface area contributed by atoms with Crippen molar-refractivity contribution in [1.82, 2.24) is 5.43 Å². The van der Waals surface area contributed by atoms with Crippen LogP contribution in [0.1, 0.15) is 0 Å². The molecule has 0 aliphatic carbocycles. The first-order valence-corrected chi connectivity index (χ1v) is 4.48. The fourth-order valence-corrected chi connectivity index (χ4v) is 1.16. The summed E-state index contributed by atoms with van der Waals surface area (Å²) >= 11 is 5.63. The summed E-state index contributed by atoms with van der Waals surface area (Å²) in [5.41, 5.74) is 1.65. The van der Waals surface area contributed by atoms with Crippen molar-refractivity contribution >= 4 is 23.2 Å². The summed E-state index contributed by atoms with van der Waals surface area (Å²) in [5.74, 6) is 4.57. The molecular formula is C8H8ClN3O4. The molecule has 0 aromatic heterocycles. The minimum absolute atomic E-state index is 0.0596. The molecule has 0 atom stereocenters. The lowest BCUT2D eigenvalue weighted by Gasteiger charge is -2.05. The number of halogens is 1. The SMILES string of the molecule is NNC(=O)COc1ccc([N+](=O)[O-])c(Cl)c1. The number of rotatable bonds is 4. The van der Waals surface area contributed by atoms with Crippen LogP contribution in [0, 0.1) is 10.1 Å². The van der Waals surface area contributed by atoms with Gasteiger partial charge in [-0.1, -0.05) is 11.6 Å². The Morgan fingerprint density at radius 2 is 2.31 bits per heavy atom. The van der Waals surface area contributed by atoms with Crippen molar-refractivity contribution in [1.29, 1.82) is 0 Å². The molecule has 0 bridgehead atoms. The number of nitrogens with two attached hydrogens (primary N) is 1. The van der Waals surface area contributed by atoms with Gasteiger partial charge in [0.1, 0.15) is 10.8 Å². The number of amides is 1. The van der Waals surface area contributed by atoms with Crippen molar-refractivity contribution in [3.63, 3.8) is 0 Å². The minimum Gasteiger partial charge on any atom is -0.484 e. The maximum absolute atomic E-state index is 10.7. The molecule has 1 rings (SSSR count). The Kier molecular flexibility index (Phi) is 4.03. The first kappa shape index (κ1) is 12.2. The van der Waals surface area contributed by atoms with E-state index in [0.29, 0.717) is 0 Å². The number of ether oxygens (including phenoxy) is 1. The van der Waals surface area contributed by atoms with E-state index in [9.17, 15) is 14.9 Å². The second-order valence-corrected chi connectivity index (χ2v) is 3.13. The van der Waals surface area contributed by atoms with Gasteiger partial charge in [-0.25, -0.2) is 5.84 Å². The van der Waals surface area contributed by atoms with Gasteiger partial charge in [-0.3, -0.25) is 20.3 Å². The van der Waals surface area contributed by atoms with Crippen LogP contribution in [0.5, 0.6) is 5.75 Å². The maximum atomic E-state index is 10.7. The van der Waals surface area contributed by atoms with Crippen LogP contribution in [-0.2, 0) is 4.79 Å². The topological polar surface area (TPSA) is 107 Å². The first-order chi connectivity index (χ1) is 7.54. The van der Waals surface area contributed by atoms with Crippen LogP contribution < -0.4 is 16.0 Å². The first-order valence-electron chi connectivity index (χ1n) is 4.10. The van der Waals surface area contributed by atoms with Crippen LogP contribution in [0.2, 0.25) is 5.02 Å². The Bertz CT molecular complexity index is 424. The third kappa shape index (κ3) is 3.07. The van der Waals surface area contributed by atoms with Crippen LogP contribution in [0.4, 0.5) is 5.69 Å². The van der Waals surface area contributed by atoms with Crippen LogP contribution >= 0.6 is 11.6 Å². The van der Waals surface area contributed by atoms with E-state index in [0.717, 1.165) is 0 Å². The van der Waals surface area contributed by atoms with Crippen molar-refractivity contribution in [3.8, 4) is 5.75 Å². The van der Waals surface area contributed by atoms with E-state index < -0.39 is 10.8 Å². The third-order valence-corrected chi connectivity index (χ3v) is 1.95. The Labute approximate surface area is 95.3 Å². The van der Waals surface area contributed by atoms with Crippen LogP contribution in [0.25, 0.3) is 0 Å². The summed E-state index contributed by atoms with van der Waals surface area (Å²) in [5, 5.41) is 10.4. The zero-order valence-electron chi connectivity index (χ0n) is 7.97. The number of hydrogen-bond acceptors (Lipinski definition) is 5. The maximum Gasteiger partial charge on any atom is 0.288 e. The highest BCUT2D eigenvalue weighted by molar-refractivity contribution is 6.32. The summed E-state index contributed by atoms with van der Waals surface area (Å²) in [4.78, 5) is 20.6. The number of benzene rings is 1. The number of nitrogens with zero attached hydrogens (tertiary/aromatic N) is 1. The fourth-order valence-electron chi connectivity index (χ4n) is 0.916. The number of nitro benzene ring substituents is 1. The Morgan fingerprint density at radius 3 is 2.81 bits per heavy atom. The van der Waals surface area contributed by atoms with E-state index in [1.807, 2.05) is 5.43 Å². The number of hydrogen-bond donors (Lipinski definition) is 2. The highest BCUT2D eigenvalue weighted by Crippen LogP contribution is 2.28. The van der Waals surface area contributed by atoms with Gasteiger partial charge in [0.15, 0.2) is 6.61 Å². The van der Waals surface area contributed by atoms with Gasteiger partial charge in [0.25, 0.3) is 11.6 Å². The van der Waals surface area contributed by atoms with Crippen LogP contribution in [0.15, 0.2) is 18.2 Å². The van der Waals surface area contributed by atoms with Gasteiger partial charge in [0.05, 0.1) is 4.92 Å². The molecule has 0 heterocycles. The van der Waals surface area contributed by atoms with Gasteiger partial charge < -0.3 is 4.74 Å². The minimum atomic E-state index is -0.612. The molecule has 0 unspecified atom stereocenters. The second kappa shape index (κ2) is 5.29. The number of nitrogens with one attached hydrogen (secondary N) is 1. The Hall–Kier alpha value is -1.86. The molecule has 3 N–H and O–H groups in total. The molecule has 0 fully saturated rings. The number of carbonyl (C=O) groups excluding carboxylic acids is 1. The molecule has 0 aliphatic heterocycles. The number of nitro groups is 1. The van der Waals surface area contributed by atoms with Gasteiger partial charge in [-0.2, -0.15) is 0 Å². The fraction of sp³-hybridized carbons (Fsp3) is 0.125. The molecule has 8 heteroatoms. The monoisotopic (exact) mass is 245 g/mol. The largest absolute Gasteiger partial charge is 0.484 e. The predicted octanol–water partition coefficient (Wildman–Crippen LogP) is 0.617. The molecule has 0 aliphatic rings. The van der Waals surface area contributed by atoms with E-state index >= 15 is 0 Å². The quantitative estimate of drug-likeness (QED) is 0.350. The highest BCUT2D eigenvalue weighted by Gasteiger charge is 2.12. The van der Waals surface area contributed by atoms with Crippen molar-refractivity contribution < 1.29 is 14.5 Å². The van der Waals surface area contributed by atoms with Crippen molar-refractivity contribution in [3.05, 3.63) is 33.3 Å². The molecule has 0 spiro atoms. The highest BCUT2D eigenvalue weighted by atomic mass is 35.5. The molecule has 86 valence electrons. The third-order valence-electron chi connectivity index (χ3n) is 1.65. The molecule has 0 radical (unpaired) electrons. The van der Waals surface area contributed by atoms with Crippen molar-refractivity contribution in [2.75, 3.05) is 6.61 Å². The Morgan fingerprint density at radius 1 is 1.62 bits per heavy atom. The molecule has 7 nitrogen and oxygen atoms in total. The standard InChI is InChI=1S/C8H8ClN3O4/c9-6-3-5(16-4-8(13)11-10)1-2-7(6)12(14)15/h1-3H,4,10H2,(H,11,13). The number of hydrazine groups is 1. The molecule has 1 aromatic rings. The smallest absolute Gasteiger partial charge is 0.288 e. The van der Waals surface area contributed by atoms with E-state index in [-0.39, 0.29) is 23.1 Å². The van der Waals surface area contributed by atoms with E-state index in [1.54, 1.807) is 0 Å². The van der Waals surface area contributed by atoms with Gasteiger partial charge in [-0.05, 0) is 6.07 Å². The molecule has 1 amide bonds. The Balaban J connectivity index is 2.74. The summed E-state index contributed by atoms with van der Waals surface area (Å²) in [7, 11) is 0. The van der Waals surface area contributed by atoms with E-state index in [1.165, 1.54) is 18.2 Å². The molecule has 0 saturated heterocycles. The van der Waals surface area contributed by atoms with Crippen LogP contribution in [0.3, 0.4) is 0 Å². The lowest BCUT2D eigenvalue weighted by molar-refractivity contribution is -0.384. The average molecular weight is 246 g/mol. The molecular weight excluding hydrogens is 238 g/mol. The van der Waals surface area contributed by atoms with Crippen LogP contribution in [-0.4, -0.2) is 17.4 Å². The molecule has 1 aromatic carbocycles. The second-order valence-electron chi connectivity index (χ2n) is 2.73. The van der Waals surface area contributed by atoms with Gasteiger partial charge in [-0.15, -0.1) is 0 Å². The number of carbonyl (C=O) groups is 1. The summed E-state index contributed by atoms with van der Waals surface area (Å²) in [6, 6.07) is 3.79. The average Bonchev–Trinajstić information content (AvgIpc) is 2.25. The van der Waals surface area contributed by atoms with E-state index in [2.05, 4.69) is 0 Å². The van der Waals surface area contributed by atoms with Gasteiger partial charge in [0.2, 0.25) is 0 Å². The van der Waals surface area contributed by atoms with Crippen molar-refractivity contribution in [2.24, 2.45) is 5.84 Å².